The Morgan fingerprint density at radius 2 is 1.10 bits per heavy atom. The SMILES string of the molecule is Oc1ccc2[nH]cc(-c3c[nH]c4ccc(O)cc34)c2c1. The number of aromatic nitrogens is 2. The molecule has 2 aromatic carbocycles. The summed E-state index contributed by atoms with van der Waals surface area (Å²) < 4.78 is 0. The van der Waals surface area contributed by atoms with Gasteiger partial charge in [0.1, 0.15) is 11.5 Å². The van der Waals surface area contributed by atoms with Crippen LogP contribution in [0.5, 0.6) is 11.5 Å². The number of phenolic OH excluding ortho intramolecular Hbond substituents is 2. The van der Waals surface area contributed by atoms with Crippen LogP contribution in [0.15, 0.2) is 48.8 Å². The van der Waals surface area contributed by atoms with E-state index in [0.717, 1.165) is 32.9 Å². The Morgan fingerprint density at radius 3 is 1.55 bits per heavy atom. The van der Waals surface area contributed by atoms with Crippen LogP contribution in [0, 0.1) is 0 Å². The summed E-state index contributed by atoms with van der Waals surface area (Å²) in [5, 5.41) is 21.2. The molecule has 2 heterocycles. The smallest absolute Gasteiger partial charge is 0.116 e. The number of hydrogen-bond acceptors (Lipinski definition) is 2. The van der Waals surface area contributed by atoms with Crippen molar-refractivity contribution in [2.24, 2.45) is 0 Å². The Morgan fingerprint density at radius 1 is 0.650 bits per heavy atom. The topological polar surface area (TPSA) is 72.0 Å². The average molecular weight is 264 g/mol. The molecule has 0 radical (unpaired) electrons. The van der Waals surface area contributed by atoms with Gasteiger partial charge in [0.05, 0.1) is 0 Å². The number of aromatic amines is 2. The van der Waals surface area contributed by atoms with Crippen molar-refractivity contribution in [3.63, 3.8) is 0 Å². The Kier molecular flexibility index (Phi) is 2.09. The fraction of sp³-hybridized carbons (Fsp3) is 0. The molecule has 98 valence electrons. The number of phenols is 2. The van der Waals surface area contributed by atoms with Crippen LogP contribution in [-0.2, 0) is 0 Å². The van der Waals surface area contributed by atoms with Crippen LogP contribution in [-0.4, -0.2) is 20.2 Å². The zero-order valence-corrected chi connectivity index (χ0v) is 10.5. The van der Waals surface area contributed by atoms with Gasteiger partial charge >= 0.3 is 0 Å². The molecule has 0 saturated carbocycles. The molecule has 0 bridgehead atoms. The van der Waals surface area contributed by atoms with E-state index in [9.17, 15) is 10.2 Å². The first-order valence-electron chi connectivity index (χ1n) is 6.33. The molecule has 20 heavy (non-hydrogen) atoms. The number of aromatic hydroxyl groups is 2. The fourth-order valence-corrected chi connectivity index (χ4v) is 2.66. The Bertz CT molecular complexity index is 856. The molecule has 0 aliphatic heterocycles. The molecule has 4 heteroatoms. The molecule has 0 atom stereocenters. The monoisotopic (exact) mass is 264 g/mol. The van der Waals surface area contributed by atoms with Crippen molar-refractivity contribution in [3.8, 4) is 22.6 Å². The lowest BCUT2D eigenvalue weighted by atomic mass is 10.0. The Balaban J connectivity index is 2.06. The summed E-state index contributed by atoms with van der Waals surface area (Å²) in [5.74, 6) is 0.474. The predicted molar refractivity (Wildman–Crippen MR) is 78.9 cm³/mol. The lowest BCUT2D eigenvalue weighted by Gasteiger charge is -1.99. The third kappa shape index (κ3) is 1.48. The minimum atomic E-state index is 0.237. The third-order valence-corrected chi connectivity index (χ3v) is 3.62. The van der Waals surface area contributed by atoms with E-state index in [1.165, 1.54) is 0 Å². The van der Waals surface area contributed by atoms with E-state index < -0.39 is 0 Å². The van der Waals surface area contributed by atoms with Gasteiger partial charge in [-0.3, -0.25) is 0 Å². The molecule has 0 aliphatic carbocycles. The van der Waals surface area contributed by atoms with Crippen LogP contribution in [0.1, 0.15) is 0 Å². The molecular weight excluding hydrogens is 252 g/mol. The van der Waals surface area contributed by atoms with Crippen LogP contribution in [0.3, 0.4) is 0 Å². The highest BCUT2D eigenvalue weighted by molar-refractivity contribution is 6.05. The number of hydrogen-bond donors (Lipinski definition) is 4. The summed E-state index contributed by atoms with van der Waals surface area (Å²) in [7, 11) is 0. The van der Waals surface area contributed by atoms with Gasteiger partial charge in [0.25, 0.3) is 0 Å². The maximum atomic E-state index is 9.67. The molecule has 0 spiro atoms. The maximum Gasteiger partial charge on any atom is 0.116 e. The molecule has 0 unspecified atom stereocenters. The summed E-state index contributed by atoms with van der Waals surface area (Å²) in [6.45, 7) is 0. The zero-order chi connectivity index (χ0) is 13.7. The van der Waals surface area contributed by atoms with Crippen molar-refractivity contribution in [3.05, 3.63) is 48.8 Å². The summed E-state index contributed by atoms with van der Waals surface area (Å²) in [4.78, 5) is 6.39. The fourth-order valence-electron chi connectivity index (χ4n) is 2.66. The summed E-state index contributed by atoms with van der Waals surface area (Å²) >= 11 is 0. The van der Waals surface area contributed by atoms with Gasteiger partial charge in [0.15, 0.2) is 0 Å². The minimum absolute atomic E-state index is 0.237. The highest BCUT2D eigenvalue weighted by Crippen LogP contribution is 2.36. The second-order valence-corrected chi connectivity index (χ2v) is 4.86. The second kappa shape index (κ2) is 3.81. The van der Waals surface area contributed by atoms with Gasteiger partial charge in [-0.2, -0.15) is 0 Å². The van der Waals surface area contributed by atoms with Crippen molar-refractivity contribution in [1.29, 1.82) is 0 Å². The van der Waals surface area contributed by atoms with Crippen LogP contribution in [0.25, 0.3) is 32.9 Å². The molecule has 4 N–H and O–H groups in total. The number of rotatable bonds is 1. The van der Waals surface area contributed by atoms with Gasteiger partial charge in [-0.15, -0.1) is 0 Å². The first kappa shape index (κ1) is 11.0. The lowest BCUT2D eigenvalue weighted by Crippen LogP contribution is -1.74. The standard InChI is InChI=1S/C16H12N2O2/c19-9-1-3-15-11(5-9)13(7-17-15)14-8-18-16-4-2-10(20)6-12(14)16/h1-8,17-20H. The Labute approximate surface area is 114 Å². The van der Waals surface area contributed by atoms with Crippen molar-refractivity contribution >= 4 is 21.8 Å². The van der Waals surface area contributed by atoms with Crippen molar-refractivity contribution in [2.75, 3.05) is 0 Å². The van der Waals surface area contributed by atoms with Gasteiger partial charge in [-0.05, 0) is 36.4 Å². The largest absolute Gasteiger partial charge is 0.508 e. The van der Waals surface area contributed by atoms with E-state index >= 15 is 0 Å². The van der Waals surface area contributed by atoms with Crippen molar-refractivity contribution in [2.45, 2.75) is 0 Å². The Hall–Kier alpha value is -2.88. The van der Waals surface area contributed by atoms with Gasteiger partial charge in [0, 0.05) is 45.3 Å². The maximum absolute atomic E-state index is 9.67. The normalized spacial score (nSPS) is 11.4. The average Bonchev–Trinajstić information content (AvgIpc) is 3.01. The highest BCUT2D eigenvalue weighted by atomic mass is 16.3. The van der Waals surface area contributed by atoms with Gasteiger partial charge in [0.2, 0.25) is 0 Å². The van der Waals surface area contributed by atoms with Crippen LogP contribution >= 0.6 is 0 Å². The molecule has 0 saturated heterocycles. The van der Waals surface area contributed by atoms with E-state index in [1.807, 2.05) is 24.5 Å². The molecule has 4 nitrogen and oxygen atoms in total. The van der Waals surface area contributed by atoms with E-state index in [1.54, 1.807) is 24.3 Å². The molecule has 0 amide bonds. The van der Waals surface area contributed by atoms with Crippen molar-refractivity contribution < 1.29 is 10.2 Å². The number of fused-ring (bicyclic) bond motifs is 2. The highest BCUT2D eigenvalue weighted by Gasteiger charge is 2.11. The van der Waals surface area contributed by atoms with E-state index in [-0.39, 0.29) is 11.5 Å². The first-order chi connectivity index (χ1) is 9.72. The lowest BCUT2D eigenvalue weighted by molar-refractivity contribution is 0.475. The van der Waals surface area contributed by atoms with Crippen molar-refractivity contribution in [1.82, 2.24) is 9.97 Å². The molecule has 0 aliphatic rings. The van der Waals surface area contributed by atoms with Gasteiger partial charge in [-0.1, -0.05) is 0 Å². The third-order valence-electron chi connectivity index (χ3n) is 3.62. The summed E-state index contributed by atoms with van der Waals surface area (Å²) in [5.41, 5.74) is 3.92. The molecule has 2 aromatic heterocycles. The summed E-state index contributed by atoms with van der Waals surface area (Å²) in [6.07, 6.45) is 3.83. The summed E-state index contributed by atoms with van der Waals surface area (Å²) in [6, 6.07) is 10.5. The number of nitrogens with one attached hydrogen (secondary N) is 2. The van der Waals surface area contributed by atoms with Crippen LogP contribution in [0.4, 0.5) is 0 Å². The zero-order valence-electron chi connectivity index (χ0n) is 10.5. The molecular formula is C16H12N2O2. The number of H-pyrrole nitrogens is 2. The van der Waals surface area contributed by atoms with E-state index in [2.05, 4.69) is 9.97 Å². The van der Waals surface area contributed by atoms with Gasteiger partial charge < -0.3 is 20.2 Å². The quantitative estimate of drug-likeness (QED) is 0.423. The minimum Gasteiger partial charge on any atom is -0.508 e. The molecule has 4 rings (SSSR count). The molecule has 4 aromatic rings. The number of benzene rings is 2. The predicted octanol–water partition coefficient (Wildman–Crippen LogP) is 3.73. The van der Waals surface area contributed by atoms with Crippen LogP contribution in [0.2, 0.25) is 0 Å². The molecule has 0 fully saturated rings. The second-order valence-electron chi connectivity index (χ2n) is 4.86. The van der Waals surface area contributed by atoms with E-state index in [4.69, 9.17) is 0 Å². The first-order valence-corrected chi connectivity index (χ1v) is 6.33. The van der Waals surface area contributed by atoms with Gasteiger partial charge in [-0.25, -0.2) is 0 Å². The van der Waals surface area contributed by atoms with Crippen LogP contribution < -0.4 is 0 Å². The van der Waals surface area contributed by atoms with E-state index in [0.29, 0.717) is 0 Å².